The van der Waals surface area contributed by atoms with Gasteiger partial charge in [0.2, 0.25) is 0 Å². The molecule has 0 radical (unpaired) electrons. The van der Waals surface area contributed by atoms with Gasteiger partial charge in [-0.25, -0.2) is 0 Å². The number of aliphatic hydroxyl groups is 1. The summed E-state index contributed by atoms with van der Waals surface area (Å²) >= 11 is 0. The van der Waals surface area contributed by atoms with Crippen LogP contribution in [0.4, 0.5) is 0 Å². The molecule has 15 heavy (non-hydrogen) atoms. The van der Waals surface area contributed by atoms with Crippen LogP contribution < -0.4 is 5.73 Å². The van der Waals surface area contributed by atoms with Crippen LogP contribution in [0.25, 0.3) is 0 Å². The Bertz CT molecular complexity index is 181. The second-order valence-corrected chi connectivity index (χ2v) is 5.54. The van der Waals surface area contributed by atoms with E-state index in [0.29, 0.717) is 12.0 Å². The van der Waals surface area contributed by atoms with E-state index < -0.39 is 0 Å². The molecule has 1 unspecified atom stereocenters. The minimum absolute atomic E-state index is 0.0418. The fraction of sp³-hybridized carbons (Fsp3) is 1.00. The van der Waals surface area contributed by atoms with Crippen molar-refractivity contribution < 1.29 is 5.11 Å². The predicted molar refractivity (Wildman–Crippen MR) is 62.5 cm³/mol. The maximum absolute atomic E-state index is 9.48. The molecule has 88 valence electrons. The maximum Gasteiger partial charge on any atom is 0.0540 e. The number of hydrogen-bond donors (Lipinski definition) is 2. The van der Waals surface area contributed by atoms with E-state index in [2.05, 4.69) is 0 Å². The first-order valence-electron chi connectivity index (χ1n) is 6.71. The van der Waals surface area contributed by atoms with Crippen molar-refractivity contribution in [1.29, 1.82) is 0 Å². The maximum atomic E-state index is 9.48. The van der Waals surface area contributed by atoms with E-state index >= 15 is 0 Å². The van der Waals surface area contributed by atoms with E-state index in [1.165, 1.54) is 32.1 Å². The summed E-state index contributed by atoms with van der Waals surface area (Å²) in [5, 5.41) is 9.48. The summed E-state index contributed by atoms with van der Waals surface area (Å²) in [6.07, 6.45) is 11.1. The second-order valence-electron chi connectivity index (χ2n) is 5.54. The molecule has 0 heterocycles. The first-order valence-corrected chi connectivity index (χ1v) is 6.71. The minimum Gasteiger partial charge on any atom is -0.393 e. The Labute approximate surface area is 93.2 Å². The van der Waals surface area contributed by atoms with Crippen molar-refractivity contribution >= 4 is 0 Å². The quantitative estimate of drug-likeness (QED) is 0.737. The molecule has 0 aromatic heterocycles. The Morgan fingerprint density at radius 3 is 1.93 bits per heavy atom. The Kier molecular flexibility index (Phi) is 4.04. The summed E-state index contributed by atoms with van der Waals surface area (Å²) in [5.41, 5.74) is 6.39. The van der Waals surface area contributed by atoms with Gasteiger partial charge in [-0.1, -0.05) is 19.3 Å². The van der Waals surface area contributed by atoms with Gasteiger partial charge < -0.3 is 10.8 Å². The topological polar surface area (TPSA) is 46.2 Å². The van der Waals surface area contributed by atoms with Crippen molar-refractivity contribution in [3.05, 3.63) is 0 Å². The molecule has 2 fully saturated rings. The van der Waals surface area contributed by atoms with E-state index in [0.717, 1.165) is 31.6 Å². The van der Waals surface area contributed by atoms with Crippen LogP contribution in [0.2, 0.25) is 0 Å². The first kappa shape index (κ1) is 11.4. The summed E-state index contributed by atoms with van der Waals surface area (Å²) in [7, 11) is 0. The third-order valence-corrected chi connectivity index (χ3v) is 4.48. The second kappa shape index (κ2) is 5.31. The zero-order valence-electron chi connectivity index (χ0n) is 9.70. The number of hydrogen-bond acceptors (Lipinski definition) is 2. The lowest BCUT2D eigenvalue weighted by atomic mass is 9.74. The normalized spacial score (nSPS) is 36.4. The lowest BCUT2D eigenvalue weighted by molar-refractivity contribution is 0.0901. The van der Waals surface area contributed by atoms with Crippen LogP contribution in [0.15, 0.2) is 0 Å². The van der Waals surface area contributed by atoms with Crippen LogP contribution in [0.3, 0.4) is 0 Å². The van der Waals surface area contributed by atoms with Crippen LogP contribution in [-0.4, -0.2) is 17.3 Å². The van der Waals surface area contributed by atoms with Crippen LogP contribution >= 0.6 is 0 Å². The monoisotopic (exact) mass is 211 g/mol. The summed E-state index contributed by atoms with van der Waals surface area (Å²) in [4.78, 5) is 0. The van der Waals surface area contributed by atoms with Crippen molar-refractivity contribution in [2.45, 2.75) is 69.9 Å². The Morgan fingerprint density at radius 1 is 0.800 bits per heavy atom. The molecule has 2 aliphatic rings. The molecule has 0 saturated heterocycles. The van der Waals surface area contributed by atoms with Crippen LogP contribution in [0.5, 0.6) is 0 Å². The highest BCUT2D eigenvalue weighted by molar-refractivity contribution is 4.85. The number of nitrogens with two attached hydrogens (primary N) is 1. The fourth-order valence-corrected chi connectivity index (χ4v) is 3.39. The van der Waals surface area contributed by atoms with Gasteiger partial charge in [0.15, 0.2) is 0 Å². The molecule has 2 saturated carbocycles. The van der Waals surface area contributed by atoms with Crippen molar-refractivity contribution in [3.8, 4) is 0 Å². The minimum atomic E-state index is -0.0418. The average Bonchev–Trinajstić information content (AvgIpc) is 2.30. The highest BCUT2D eigenvalue weighted by Gasteiger charge is 2.30. The van der Waals surface area contributed by atoms with E-state index in [1.807, 2.05) is 0 Å². The first-order chi connectivity index (χ1) is 7.27. The third kappa shape index (κ3) is 2.94. The SMILES string of the molecule is NC(C1CCCCC1)C1CCC(O)CC1. The molecule has 2 rings (SSSR count). The average molecular weight is 211 g/mol. The fourth-order valence-electron chi connectivity index (χ4n) is 3.39. The van der Waals surface area contributed by atoms with Crippen molar-refractivity contribution in [1.82, 2.24) is 0 Å². The van der Waals surface area contributed by atoms with Gasteiger partial charge in [0, 0.05) is 6.04 Å². The molecule has 0 aliphatic heterocycles. The van der Waals surface area contributed by atoms with Gasteiger partial charge in [0.05, 0.1) is 6.10 Å². The standard InChI is InChI=1S/C13H25NO/c14-13(10-4-2-1-3-5-10)11-6-8-12(15)9-7-11/h10-13,15H,1-9,14H2. The predicted octanol–water partition coefficient (Wildman–Crippen LogP) is 2.45. The van der Waals surface area contributed by atoms with E-state index in [-0.39, 0.29) is 6.10 Å². The van der Waals surface area contributed by atoms with Gasteiger partial charge in [0.25, 0.3) is 0 Å². The van der Waals surface area contributed by atoms with Crippen molar-refractivity contribution in [3.63, 3.8) is 0 Å². The van der Waals surface area contributed by atoms with Crippen LogP contribution in [0.1, 0.15) is 57.8 Å². The largest absolute Gasteiger partial charge is 0.393 e. The van der Waals surface area contributed by atoms with E-state index in [1.54, 1.807) is 0 Å². The Morgan fingerprint density at radius 2 is 1.33 bits per heavy atom. The zero-order chi connectivity index (χ0) is 10.7. The molecule has 2 heteroatoms. The summed E-state index contributed by atoms with van der Waals surface area (Å²) < 4.78 is 0. The molecule has 0 aromatic carbocycles. The van der Waals surface area contributed by atoms with Crippen molar-refractivity contribution in [2.24, 2.45) is 17.6 Å². The van der Waals surface area contributed by atoms with Gasteiger partial charge in [-0.05, 0) is 50.4 Å². The van der Waals surface area contributed by atoms with Gasteiger partial charge in [0.1, 0.15) is 0 Å². The summed E-state index contributed by atoms with van der Waals surface area (Å²) in [6, 6.07) is 0.415. The molecule has 3 N–H and O–H groups in total. The summed E-state index contributed by atoms with van der Waals surface area (Å²) in [5.74, 6) is 1.47. The highest BCUT2D eigenvalue weighted by Crippen LogP contribution is 2.34. The Hall–Kier alpha value is -0.0800. The molecule has 0 amide bonds. The third-order valence-electron chi connectivity index (χ3n) is 4.48. The summed E-state index contributed by atoms with van der Waals surface area (Å²) in [6.45, 7) is 0. The molecule has 2 nitrogen and oxygen atoms in total. The number of rotatable bonds is 2. The number of aliphatic hydroxyl groups excluding tert-OH is 1. The molecule has 0 aromatic rings. The highest BCUT2D eigenvalue weighted by atomic mass is 16.3. The van der Waals surface area contributed by atoms with Crippen molar-refractivity contribution in [2.75, 3.05) is 0 Å². The van der Waals surface area contributed by atoms with Gasteiger partial charge in [-0.15, -0.1) is 0 Å². The van der Waals surface area contributed by atoms with Gasteiger partial charge >= 0.3 is 0 Å². The van der Waals surface area contributed by atoms with E-state index in [9.17, 15) is 5.11 Å². The molecule has 0 spiro atoms. The van der Waals surface area contributed by atoms with Gasteiger partial charge in [-0.3, -0.25) is 0 Å². The molecule has 1 atom stereocenters. The Balaban J connectivity index is 1.81. The molecule has 0 bridgehead atoms. The van der Waals surface area contributed by atoms with Crippen LogP contribution in [0, 0.1) is 11.8 Å². The zero-order valence-corrected chi connectivity index (χ0v) is 9.70. The molecule has 2 aliphatic carbocycles. The van der Waals surface area contributed by atoms with Crippen LogP contribution in [-0.2, 0) is 0 Å². The lowest BCUT2D eigenvalue weighted by Crippen LogP contribution is -2.40. The molecular weight excluding hydrogens is 186 g/mol. The van der Waals surface area contributed by atoms with E-state index in [4.69, 9.17) is 5.73 Å². The van der Waals surface area contributed by atoms with Gasteiger partial charge in [-0.2, -0.15) is 0 Å². The molecular formula is C13H25NO. The smallest absolute Gasteiger partial charge is 0.0540 e. The lowest BCUT2D eigenvalue weighted by Gasteiger charge is -2.36.